The number of carbonyl (C=O) groups is 2. The number of nitrogens with one attached hydrogen (secondary N) is 2. The molecule has 7 heteroatoms. The van der Waals surface area contributed by atoms with E-state index in [1.54, 1.807) is 7.11 Å². The van der Waals surface area contributed by atoms with Crippen LogP contribution in [0.3, 0.4) is 0 Å². The Balaban J connectivity index is 1.33. The van der Waals surface area contributed by atoms with E-state index in [1.165, 1.54) is 5.69 Å². The number of nitrogens with zero attached hydrogens (tertiary/aromatic N) is 2. The molecule has 1 fully saturated rings. The van der Waals surface area contributed by atoms with Crippen LogP contribution in [0.15, 0.2) is 42.5 Å². The Morgan fingerprint density at radius 1 is 0.935 bits per heavy atom. The second kappa shape index (κ2) is 10.8. The zero-order chi connectivity index (χ0) is 22.2. The molecule has 166 valence electrons. The van der Waals surface area contributed by atoms with Crippen molar-refractivity contribution in [2.24, 2.45) is 0 Å². The zero-order valence-corrected chi connectivity index (χ0v) is 18.6. The summed E-state index contributed by atoms with van der Waals surface area (Å²) in [6.45, 7) is 9.20. The van der Waals surface area contributed by atoms with E-state index in [9.17, 15) is 9.59 Å². The molecule has 3 rings (SSSR count). The van der Waals surface area contributed by atoms with Gasteiger partial charge in [-0.1, -0.05) is 6.07 Å². The summed E-state index contributed by atoms with van der Waals surface area (Å²) in [5.41, 5.74) is 3.94. The van der Waals surface area contributed by atoms with Crippen molar-refractivity contribution >= 4 is 23.2 Å². The Morgan fingerprint density at radius 3 is 2.19 bits per heavy atom. The fourth-order valence-electron chi connectivity index (χ4n) is 3.84. The molecule has 1 aliphatic rings. The maximum absolute atomic E-state index is 12.1. The van der Waals surface area contributed by atoms with E-state index in [0.717, 1.165) is 56.0 Å². The van der Waals surface area contributed by atoms with Crippen molar-refractivity contribution < 1.29 is 14.3 Å². The van der Waals surface area contributed by atoms with Crippen molar-refractivity contribution in [1.29, 1.82) is 0 Å². The molecule has 1 saturated heterocycles. The van der Waals surface area contributed by atoms with Crippen LogP contribution in [0.4, 0.5) is 11.4 Å². The third-order valence-electron chi connectivity index (χ3n) is 5.43. The maximum Gasteiger partial charge on any atom is 0.313 e. The molecule has 0 aliphatic carbocycles. The highest BCUT2D eigenvalue weighted by Gasteiger charge is 2.18. The van der Waals surface area contributed by atoms with Crippen LogP contribution < -0.4 is 20.3 Å². The van der Waals surface area contributed by atoms with Gasteiger partial charge in [-0.05, 0) is 74.3 Å². The topological polar surface area (TPSA) is 73.9 Å². The largest absolute Gasteiger partial charge is 0.497 e. The minimum Gasteiger partial charge on any atom is -0.497 e. The third kappa shape index (κ3) is 6.72. The molecular formula is C24H32N4O3. The van der Waals surface area contributed by atoms with Gasteiger partial charge in [-0.25, -0.2) is 0 Å². The average Bonchev–Trinajstić information content (AvgIpc) is 2.76. The summed E-state index contributed by atoms with van der Waals surface area (Å²) in [4.78, 5) is 28.9. The highest BCUT2D eigenvalue weighted by atomic mass is 16.5. The molecule has 0 spiro atoms. The molecule has 2 N–H and O–H groups in total. The zero-order valence-electron chi connectivity index (χ0n) is 18.6. The van der Waals surface area contributed by atoms with Crippen LogP contribution >= 0.6 is 0 Å². The lowest BCUT2D eigenvalue weighted by Gasteiger charge is -2.36. The number of rotatable bonds is 7. The number of ether oxygens (including phenoxy) is 1. The Morgan fingerprint density at radius 2 is 1.58 bits per heavy atom. The first-order valence-electron chi connectivity index (χ1n) is 10.7. The summed E-state index contributed by atoms with van der Waals surface area (Å²) in [5, 5.41) is 5.38. The number of carbonyl (C=O) groups excluding carboxylic acids is 2. The normalized spacial score (nSPS) is 14.2. The van der Waals surface area contributed by atoms with E-state index in [0.29, 0.717) is 12.2 Å². The first-order valence-corrected chi connectivity index (χ1v) is 10.7. The Labute approximate surface area is 184 Å². The second-order valence-electron chi connectivity index (χ2n) is 7.97. The van der Waals surface area contributed by atoms with Crippen LogP contribution in [0.5, 0.6) is 5.75 Å². The molecule has 2 aromatic carbocycles. The van der Waals surface area contributed by atoms with Gasteiger partial charge in [-0.15, -0.1) is 0 Å². The van der Waals surface area contributed by atoms with Gasteiger partial charge in [0.05, 0.1) is 7.11 Å². The first-order chi connectivity index (χ1) is 14.9. The molecule has 0 aromatic heterocycles. The Bertz CT molecular complexity index is 870. The molecule has 1 heterocycles. The third-order valence-corrected chi connectivity index (χ3v) is 5.43. The van der Waals surface area contributed by atoms with Crippen LogP contribution in [0, 0.1) is 13.8 Å². The second-order valence-corrected chi connectivity index (χ2v) is 7.97. The number of hydrogen-bond donors (Lipinski definition) is 2. The lowest BCUT2D eigenvalue weighted by atomic mass is 10.1. The quantitative estimate of drug-likeness (QED) is 0.528. The number of benzene rings is 2. The molecule has 0 unspecified atom stereocenters. The number of piperazine rings is 1. The minimum atomic E-state index is -0.627. The fourth-order valence-corrected chi connectivity index (χ4v) is 3.84. The Hall–Kier alpha value is -3.06. The van der Waals surface area contributed by atoms with E-state index in [-0.39, 0.29) is 0 Å². The van der Waals surface area contributed by atoms with E-state index in [1.807, 2.05) is 44.2 Å². The van der Waals surface area contributed by atoms with Crippen molar-refractivity contribution in [2.75, 3.05) is 56.6 Å². The number of methoxy groups -OCH3 is 1. The van der Waals surface area contributed by atoms with Gasteiger partial charge in [0, 0.05) is 44.1 Å². The molecule has 31 heavy (non-hydrogen) atoms. The van der Waals surface area contributed by atoms with Crippen molar-refractivity contribution in [3.05, 3.63) is 53.6 Å². The fraction of sp³-hybridized carbons (Fsp3) is 0.417. The van der Waals surface area contributed by atoms with Gasteiger partial charge >= 0.3 is 11.8 Å². The van der Waals surface area contributed by atoms with Gasteiger partial charge in [-0.3, -0.25) is 14.5 Å². The van der Waals surface area contributed by atoms with Gasteiger partial charge in [0.1, 0.15) is 5.75 Å². The Kier molecular flexibility index (Phi) is 7.89. The molecule has 7 nitrogen and oxygen atoms in total. The average molecular weight is 425 g/mol. The van der Waals surface area contributed by atoms with E-state index < -0.39 is 11.8 Å². The summed E-state index contributed by atoms with van der Waals surface area (Å²) in [5.74, 6) is -0.353. The monoisotopic (exact) mass is 424 g/mol. The van der Waals surface area contributed by atoms with E-state index in [4.69, 9.17) is 4.74 Å². The SMILES string of the molecule is COc1ccc(N2CCN(CCCNC(=O)C(=O)Nc3cc(C)cc(C)c3)CC2)cc1. The lowest BCUT2D eigenvalue weighted by Crippen LogP contribution is -2.47. The summed E-state index contributed by atoms with van der Waals surface area (Å²) >= 11 is 0. The highest BCUT2D eigenvalue weighted by molar-refractivity contribution is 6.39. The molecule has 0 radical (unpaired) electrons. The van der Waals surface area contributed by atoms with Gasteiger partial charge in [0.2, 0.25) is 0 Å². The minimum absolute atomic E-state index is 0.484. The van der Waals surface area contributed by atoms with Crippen LogP contribution in [-0.2, 0) is 9.59 Å². The standard InChI is InChI=1S/C24H32N4O3/c1-18-15-19(2)17-20(16-18)26-24(30)23(29)25-9-4-10-27-11-13-28(14-12-27)21-5-7-22(31-3)8-6-21/h5-8,15-17H,4,9-14H2,1-3H3,(H,25,29)(H,26,30). The van der Waals surface area contributed by atoms with Crippen molar-refractivity contribution in [3.8, 4) is 5.75 Å². The number of amides is 2. The van der Waals surface area contributed by atoms with Crippen molar-refractivity contribution in [2.45, 2.75) is 20.3 Å². The molecule has 1 aliphatic heterocycles. The molecule has 0 atom stereocenters. The van der Waals surface area contributed by atoms with Crippen LogP contribution in [0.25, 0.3) is 0 Å². The first kappa shape index (κ1) is 22.6. The number of anilines is 2. The van der Waals surface area contributed by atoms with E-state index in [2.05, 4.69) is 32.6 Å². The van der Waals surface area contributed by atoms with Gasteiger partial charge in [-0.2, -0.15) is 0 Å². The summed E-state index contributed by atoms with van der Waals surface area (Å²) < 4.78 is 5.22. The summed E-state index contributed by atoms with van der Waals surface area (Å²) in [7, 11) is 1.67. The summed E-state index contributed by atoms with van der Waals surface area (Å²) in [6, 6.07) is 13.9. The number of hydrogen-bond acceptors (Lipinski definition) is 5. The number of aryl methyl sites for hydroxylation is 2. The lowest BCUT2D eigenvalue weighted by molar-refractivity contribution is -0.136. The van der Waals surface area contributed by atoms with E-state index >= 15 is 0 Å². The molecule has 0 saturated carbocycles. The van der Waals surface area contributed by atoms with Gasteiger partial charge in [0.25, 0.3) is 0 Å². The molecule has 2 aromatic rings. The molecule has 0 bridgehead atoms. The predicted octanol–water partition coefficient (Wildman–Crippen LogP) is 2.58. The van der Waals surface area contributed by atoms with Gasteiger partial charge < -0.3 is 20.3 Å². The smallest absolute Gasteiger partial charge is 0.313 e. The predicted molar refractivity (Wildman–Crippen MR) is 124 cm³/mol. The van der Waals surface area contributed by atoms with Gasteiger partial charge in [0.15, 0.2) is 0 Å². The van der Waals surface area contributed by atoms with Crippen LogP contribution in [0.2, 0.25) is 0 Å². The maximum atomic E-state index is 12.1. The van der Waals surface area contributed by atoms with Crippen LogP contribution in [0.1, 0.15) is 17.5 Å². The summed E-state index contributed by atoms with van der Waals surface area (Å²) in [6.07, 6.45) is 0.811. The molecular weight excluding hydrogens is 392 g/mol. The highest BCUT2D eigenvalue weighted by Crippen LogP contribution is 2.20. The van der Waals surface area contributed by atoms with Crippen molar-refractivity contribution in [3.63, 3.8) is 0 Å². The molecule has 2 amide bonds. The van der Waals surface area contributed by atoms with Crippen molar-refractivity contribution in [1.82, 2.24) is 10.2 Å². The van der Waals surface area contributed by atoms with Crippen LogP contribution in [-0.4, -0.2) is 63.1 Å².